The van der Waals surface area contributed by atoms with Gasteiger partial charge in [-0.1, -0.05) is 18.2 Å². The fraction of sp³-hybridized carbons (Fsp3) is 0.417. The van der Waals surface area contributed by atoms with Crippen LogP contribution in [0.3, 0.4) is 0 Å². The Kier molecular flexibility index (Phi) is 5.36. The van der Waals surface area contributed by atoms with E-state index in [0.29, 0.717) is 12.4 Å². The molecular formula is C12H16O4. The van der Waals surface area contributed by atoms with Crippen molar-refractivity contribution in [3.05, 3.63) is 30.3 Å². The summed E-state index contributed by atoms with van der Waals surface area (Å²) in [6.07, 6.45) is -0.612. The van der Waals surface area contributed by atoms with Crippen molar-refractivity contribution in [3.8, 4) is 5.75 Å². The number of ether oxygens (including phenoxy) is 3. The van der Waals surface area contributed by atoms with E-state index in [1.54, 1.807) is 26.2 Å². The van der Waals surface area contributed by atoms with Crippen molar-refractivity contribution in [3.63, 3.8) is 0 Å². The van der Waals surface area contributed by atoms with Crippen LogP contribution in [0.1, 0.15) is 6.92 Å². The lowest BCUT2D eigenvalue weighted by molar-refractivity contribution is -0.152. The molecule has 1 rings (SSSR count). The Morgan fingerprint density at radius 3 is 2.56 bits per heavy atom. The Morgan fingerprint density at radius 2 is 1.94 bits per heavy atom. The van der Waals surface area contributed by atoms with Gasteiger partial charge < -0.3 is 14.2 Å². The second-order valence-corrected chi connectivity index (χ2v) is 3.23. The van der Waals surface area contributed by atoms with Crippen molar-refractivity contribution in [2.45, 2.75) is 13.0 Å². The maximum absolute atomic E-state index is 11.4. The summed E-state index contributed by atoms with van der Waals surface area (Å²) in [7, 11) is 1.55. The van der Waals surface area contributed by atoms with Crippen LogP contribution in [-0.4, -0.2) is 32.4 Å². The van der Waals surface area contributed by atoms with Crippen molar-refractivity contribution in [2.24, 2.45) is 0 Å². The second kappa shape index (κ2) is 6.85. The molecule has 0 aromatic heterocycles. The summed E-state index contributed by atoms with van der Waals surface area (Å²) >= 11 is 0. The van der Waals surface area contributed by atoms with E-state index in [1.807, 2.05) is 18.2 Å². The lowest BCUT2D eigenvalue weighted by Crippen LogP contribution is -2.27. The number of hydrogen-bond donors (Lipinski definition) is 0. The highest BCUT2D eigenvalue weighted by Gasteiger charge is 2.15. The van der Waals surface area contributed by atoms with Crippen LogP contribution in [0, 0.1) is 0 Å². The Morgan fingerprint density at radius 1 is 1.25 bits per heavy atom. The normalized spacial score (nSPS) is 11.9. The Hall–Kier alpha value is -1.55. The molecule has 0 aliphatic heterocycles. The van der Waals surface area contributed by atoms with E-state index in [4.69, 9.17) is 14.2 Å². The molecule has 16 heavy (non-hydrogen) atoms. The maximum Gasteiger partial charge on any atom is 0.347 e. The highest BCUT2D eigenvalue weighted by molar-refractivity contribution is 5.74. The molecule has 0 aliphatic carbocycles. The molecule has 1 atom stereocenters. The molecule has 0 heterocycles. The third-order valence-corrected chi connectivity index (χ3v) is 1.92. The summed E-state index contributed by atoms with van der Waals surface area (Å²) in [6.45, 7) is 2.30. The molecule has 0 saturated carbocycles. The first-order chi connectivity index (χ1) is 7.74. The van der Waals surface area contributed by atoms with Gasteiger partial charge in [-0.05, 0) is 19.1 Å². The van der Waals surface area contributed by atoms with Crippen molar-refractivity contribution in [1.29, 1.82) is 0 Å². The predicted molar refractivity (Wildman–Crippen MR) is 59.4 cm³/mol. The number of para-hydroxylation sites is 1. The molecule has 0 bridgehead atoms. The van der Waals surface area contributed by atoms with Crippen molar-refractivity contribution in [1.82, 2.24) is 0 Å². The van der Waals surface area contributed by atoms with Gasteiger partial charge in [-0.25, -0.2) is 4.79 Å². The number of carbonyl (C=O) groups is 1. The molecule has 4 nitrogen and oxygen atoms in total. The average Bonchev–Trinajstić information content (AvgIpc) is 2.30. The SMILES string of the molecule is COCCOC(=O)C(C)Oc1ccccc1. The zero-order chi connectivity index (χ0) is 11.8. The average molecular weight is 224 g/mol. The Bertz CT molecular complexity index is 310. The summed E-state index contributed by atoms with van der Waals surface area (Å²) in [5.74, 6) is 0.264. The number of rotatable bonds is 6. The number of benzene rings is 1. The summed E-state index contributed by atoms with van der Waals surface area (Å²) in [4.78, 5) is 11.4. The minimum absolute atomic E-state index is 0.248. The molecule has 0 aliphatic rings. The Labute approximate surface area is 95.1 Å². The van der Waals surface area contributed by atoms with E-state index in [1.165, 1.54) is 0 Å². The van der Waals surface area contributed by atoms with Crippen LogP contribution in [0.25, 0.3) is 0 Å². The third kappa shape index (κ3) is 4.31. The predicted octanol–water partition coefficient (Wildman–Crippen LogP) is 1.64. The quantitative estimate of drug-likeness (QED) is 0.544. The van der Waals surface area contributed by atoms with E-state index in [-0.39, 0.29) is 12.6 Å². The summed E-state index contributed by atoms with van der Waals surface area (Å²) in [5, 5.41) is 0. The van der Waals surface area contributed by atoms with Crippen LogP contribution < -0.4 is 4.74 Å². The minimum atomic E-state index is -0.612. The monoisotopic (exact) mass is 224 g/mol. The molecule has 1 unspecified atom stereocenters. The van der Waals surface area contributed by atoms with Gasteiger partial charge in [0.25, 0.3) is 0 Å². The molecule has 0 radical (unpaired) electrons. The maximum atomic E-state index is 11.4. The highest BCUT2D eigenvalue weighted by atomic mass is 16.6. The van der Waals surface area contributed by atoms with Gasteiger partial charge in [0.05, 0.1) is 6.61 Å². The van der Waals surface area contributed by atoms with Gasteiger partial charge in [0.1, 0.15) is 12.4 Å². The standard InChI is InChI=1S/C12H16O4/c1-10(12(13)15-9-8-14-2)16-11-6-4-3-5-7-11/h3-7,10H,8-9H2,1-2H3. The van der Waals surface area contributed by atoms with Crippen LogP contribution in [0.4, 0.5) is 0 Å². The van der Waals surface area contributed by atoms with Crippen LogP contribution in [0.2, 0.25) is 0 Å². The van der Waals surface area contributed by atoms with E-state index < -0.39 is 6.10 Å². The Balaban J connectivity index is 2.34. The van der Waals surface area contributed by atoms with Gasteiger partial charge in [0, 0.05) is 7.11 Å². The molecule has 0 saturated heterocycles. The fourth-order valence-corrected chi connectivity index (χ4v) is 1.09. The molecule has 4 heteroatoms. The number of esters is 1. The molecular weight excluding hydrogens is 208 g/mol. The topological polar surface area (TPSA) is 44.8 Å². The summed E-state index contributed by atoms with van der Waals surface area (Å²) < 4.78 is 15.1. The van der Waals surface area contributed by atoms with Crippen molar-refractivity contribution < 1.29 is 19.0 Å². The van der Waals surface area contributed by atoms with Crippen LogP contribution in [0.5, 0.6) is 5.75 Å². The van der Waals surface area contributed by atoms with Gasteiger partial charge >= 0.3 is 5.97 Å². The van der Waals surface area contributed by atoms with Gasteiger partial charge in [-0.2, -0.15) is 0 Å². The first-order valence-electron chi connectivity index (χ1n) is 5.11. The zero-order valence-electron chi connectivity index (χ0n) is 9.51. The molecule has 88 valence electrons. The molecule has 1 aromatic carbocycles. The number of hydrogen-bond acceptors (Lipinski definition) is 4. The summed E-state index contributed by atoms with van der Waals surface area (Å²) in [6, 6.07) is 9.16. The van der Waals surface area contributed by atoms with Crippen LogP contribution in [-0.2, 0) is 14.3 Å². The molecule has 0 N–H and O–H groups in total. The number of carbonyl (C=O) groups excluding carboxylic acids is 1. The first kappa shape index (κ1) is 12.5. The number of methoxy groups -OCH3 is 1. The van der Waals surface area contributed by atoms with E-state index in [2.05, 4.69) is 0 Å². The van der Waals surface area contributed by atoms with Gasteiger partial charge in [0.2, 0.25) is 0 Å². The fourth-order valence-electron chi connectivity index (χ4n) is 1.09. The van der Waals surface area contributed by atoms with E-state index >= 15 is 0 Å². The molecule has 1 aromatic rings. The zero-order valence-corrected chi connectivity index (χ0v) is 9.51. The first-order valence-corrected chi connectivity index (χ1v) is 5.11. The molecule has 0 fully saturated rings. The lowest BCUT2D eigenvalue weighted by atomic mass is 10.3. The largest absolute Gasteiger partial charge is 0.479 e. The van der Waals surface area contributed by atoms with Crippen molar-refractivity contribution >= 4 is 5.97 Å². The lowest BCUT2D eigenvalue weighted by Gasteiger charge is -2.13. The third-order valence-electron chi connectivity index (χ3n) is 1.92. The van der Waals surface area contributed by atoms with E-state index in [9.17, 15) is 4.79 Å². The van der Waals surface area contributed by atoms with Crippen LogP contribution >= 0.6 is 0 Å². The van der Waals surface area contributed by atoms with E-state index in [0.717, 1.165) is 0 Å². The van der Waals surface area contributed by atoms with Gasteiger partial charge in [-0.3, -0.25) is 0 Å². The van der Waals surface area contributed by atoms with Crippen LogP contribution in [0.15, 0.2) is 30.3 Å². The summed E-state index contributed by atoms with van der Waals surface area (Å²) in [5.41, 5.74) is 0. The van der Waals surface area contributed by atoms with Gasteiger partial charge in [-0.15, -0.1) is 0 Å². The van der Waals surface area contributed by atoms with Gasteiger partial charge in [0.15, 0.2) is 6.10 Å². The highest BCUT2D eigenvalue weighted by Crippen LogP contribution is 2.11. The minimum Gasteiger partial charge on any atom is -0.479 e. The molecule has 0 spiro atoms. The second-order valence-electron chi connectivity index (χ2n) is 3.23. The van der Waals surface area contributed by atoms with Crippen molar-refractivity contribution in [2.75, 3.05) is 20.3 Å². The molecule has 0 amide bonds. The smallest absolute Gasteiger partial charge is 0.347 e.